The van der Waals surface area contributed by atoms with Gasteiger partial charge < -0.3 is 10.1 Å². The molecular weight excluding hydrogens is 304 g/mol. The van der Waals surface area contributed by atoms with E-state index in [1.54, 1.807) is 18.3 Å². The van der Waals surface area contributed by atoms with Gasteiger partial charge in [-0.05, 0) is 19.1 Å². The fourth-order valence-electron chi connectivity index (χ4n) is 1.95. The molecule has 2 aromatic rings. The number of non-ortho nitro benzene ring substituents is 1. The molecule has 0 aliphatic carbocycles. The highest BCUT2D eigenvalue weighted by Crippen LogP contribution is 2.29. The van der Waals surface area contributed by atoms with E-state index in [0.717, 1.165) is 11.6 Å². The molecule has 1 N–H and O–H groups in total. The zero-order valence-corrected chi connectivity index (χ0v) is 12.3. The van der Waals surface area contributed by atoms with Crippen molar-refractivity contribution in [1.82, 2.24) is 4.98 Å². The van der Waals surface area contributed by atoms with Crippen LogP contribution < -0.4 is 10.1 Å². The number of ether oxygens (including phenoxy) is 1. The molecule has 1 heterocycles. The smallest absolute Gasteiger partial charge is 0.299 e. The lowest BCUT2D eigenvalue weighted by Crippen LogP contribution is -2.06. The maximum absolute atomic E-state index is 11.1. The third-order valence-corrected chi connectivity index (χ3v) is 2.99. The Hall–Kier alpha value is -3.23. The Bertz CT molecular complexity index is 735. The Labute approximate surface area is 131 Å². The second kappa shape index (κ2) is 7.16. The van der Waals surface area contributed by atoms with Crippen molar-refractivity contribution in [2.24, 2.45) is 0 Å². The van der Waals surface area contributed by atoms with E-state index >= 15 is 0 Å². The number of nitro groups is 2. The largest absolute Gasteiger partial charge is 0.478 e. The van der Waals surface area contributed by atoms with Gasteiger partial charge in [-0.25, -0.2) is 4.98 Å². The Morgan fingerprint density at radius 3 is 2.65 bits per heavy atom. The molecule has 0 saturated heterocycles. The summed E-state index contributed by atoms with van der Waals surface area (Å²) >= 11 is 0. The average molecular weight is 318 g/mol. The van der Waals surface area contributed by atoms with Gasteiger partial charge in [-0.2, -0.15) is 0 Å². The molecule has 0 saturated carbocycles. The summed E-state index contributed by atoms with van der Waals surface area (Å²) in [6.07, 6.45) is 1.59. The SMILES string of the molecule is CCOc1ncccc1CNc1ccc([N+](=O)[O-])cc1[N+](=O)[O-]. The van der Waals surface area contributed by atoms with Crippen molar-refractivity contribution >= 4 is 17.1 Å². The van der Waals surface area contributed by atoms with Crippen LogP contribution >= 0.6 is 0 Å². The van der Waals surface area contributed by atoms with Crippen LogP contribution in [0.1, 0.15) is 12.5 Å². The van der Waals surface area contributed by atoms with Gasteiger partial charge in [0.1, 0.15) is 5.69 Å². The molecule has 9 heteroatoms. The van der Waals surface area contributed by atoms with Gasteiger partial charge in [0.05, 0.1) is 22.5 Å². The van der Waals surface area contributed by atoms with Crippen LogP contribution in [0.3, 0.4) is 0 Å². The standard InChI is InChI=1S/C14H14N4O5/c1-2-23-14-10(4-3-7-15-14)9-16-12-6-5-11(17(19)20)8-13(12)18(21)22/h3-8,16H,2,9H2,1H3. The third-order valence-electron chi connectivity index (χ3n) is 2.99. The fraction of sp³-hybridized carbons (Fsp3) is 0.214. The summed E-state index contributed by atoms with van der Waals surface area (Å²) in [6.45, 7) is 2.51. The number of rotatable bonds is 7. The molecule has 23 heavy (non-hydrogen) atoms. The van der Waals surface area contributed by atoms with Gasteiger partial charge in [-0.1, -0.05) is 6.07 Å². The number of nitrogens with zero attached hydrogens (tertiary/aromatic N) is 3. The molecule has 0 spiro atoms. The van der Waals surface area contributed by atoms with Gasteiger partial charge >= 0.3 is 0 Å². The predicted molar refractivity (Wildman–Crippen MR) is 82.5 cm³/mol. The Morgan fingerprint density at radius 1 is 1.22 bits per heavy atom. The number of anilines is 1. The first kappa shape index (κ1) is 16.1. The second-order valence-electron chi connectivity index (χ2n) is 4.47. The van der Waals surface area contributed by atoms with E-state index in [2.05, 4.69) is 10.3 Å². The van der Waals surface area contributed by atoms with Crippen molar-refractivity contribution in [3.8, 4) is 5.88 Å². The first-order valence-electron chi connectivity index (χ1n) is 6.76. The highest BCUT2D eigenvalue weighted by atomic mass is 16.6. The Balaban J connectivity index is 2.24. The van der Waals surface area contributed by atoms with Crippen LogP contribution in [-0.4, -0.2) is 21.4 Å². The van der Waals surface area contributed by atoms with Crippen LogP contribution in [0.25, 0.3) is 0 Å². The molecule has 0 aliphatic heterocycles. The molecule has 0 unspecified atom stereocenters. The molecule has 1 aromatic carbocycles. The summed E-state index contributed by atoms with van der Waals surface area (Å²) in [6, 6.07) is 6.95. The minimum Gasteiger partial charge on any atom is -0.478 e. The normalized spacial score (nSPS) is 10.1. The molecule has 1 aromatic heterocycles. The highest BCUT2D eigenvalue weighted by Gasteiger charge is 2.19. The zero-order chi connectivity index (χ0) is 16.8. The van der Waals surface area contributed by atoms with Gasteiger partial charge in [0.25, 0.3) is 11.4 Å². The maximum atomic E-state index is 11.1. The van der Waals surface area contributed by atoms with Crippen LogP contribution in [-0.2, 0) is 6.54 Å². The Kier molecular flexibility index (Phi) is 5.03. The number of hydrogen-bond acceptors (Lipinski definition) is 7. The molecule has 0 bridgehead atoms. The van der Waals surface area contributed by atoms with Crippen molar-refractivity contribution < 1.29 is 14.6 Å². The molecule has 9 nitrogen and oxygen atoms in total. The zero-order valence-electron chi connectivity index (χ0n) is 12.3. The molecule has 0 radical (unpaired) electrons. The quantitative estimate of drug-likeness (QED) is 0.615. The van der Waals surface area contributed by atoms with Crippen molar-refractivity contribution in [3.05, 3.63) is 62.3 Å². The van der Waals surface area contributed by atoms with Crippen LogP contribution in [0.5, 0.6) is 5.88 Å². The molecule has 0 aliphatic rings. The van der Waals surface area contributed by atoms with Gasteiger partial charge in [-0.3, -0.25) is 20.2 Å². The summed E-state index contributed by atoms with van der Waals surface area (Å²) in [5, 5.41) is 24.7. The third kappa shape index (κ3) is 3.90. The summed E-state index contributed by atoms with van der Waals surface area (Å²) in [5.41, 5.74) is 0.216. The van der Waals surface area contributed by atoms with E-state index < -0.39 is 9.85 Å². The first-order chi connectivity index (χ1) is 11.0. The molecular formula is C14H14N4O5. The van der Waals surface area contributed by atoms with Gasteiger partial charge in [0.2, 0.25) is 5.88 Å². The van der Waals surface area contributed by atoms with Crippen molar-refractivity contribution in [3.63, 3.8) is 0 Å². The molecule has 0 amide bonds. The lowest BCUT2D eigenvalue weighted by Gasteiger charge is -2.10. The first-order valence-corrected chi connectivity index (χ1v) is 6.76. The maximum Gasteiger partial charge on any atom is 0.299 e. The number of pyridine rings is 1. The van der Waals surface area contributed by atoms with Gasteiger partial charge in [0.15, 0.2) is 0 Å². The fourth-order valence-corrected chi connectivity index (χ4v) is 1.95. The summed E-state index contributed by atoms with van der Waals surface area (Å²) in [5.74, 6) is 0.437. The number of aromatic nitrogens is 1. The van der Waals surface area contributed by atoms with Crippen LogP contribution in [0.4, 0.5) is 17.1 Å². The topological polar surface area (TPSA) is 120 Å². The van der Waals surface area contributed by atoms with Crippen molar-refractivity contribution in [2.45, 2.75) is 13.5 Å². The monoisotopic (exact) mass is 318 g/mol. The lowest BCUT2D eigenvalue weighted by atomic mass is 10.2. The van der Waals surface area contributed by atoms with E-state index in [9.17, 15) is 20.2 Å². The average Bonchev–Trinajstić information content (AvgIpc) is 2.54. The summed E-state index contributed by atoms with van der Waals surface area (Å²) in [7, 11) is 0. The van der Waals surface area contributed by atoms with E-state index in [-0.39, 0.29) is 23.6 Å². The van der Waals surface area contributed by atoms with Gasteiger partial charge in [0, 0.05) is 24.4 Å². The number of benzene rings is 1. The highest BCUT2D eigenvalue weighted by molar-refractivity contribution is 5.65. The predicted octanol–water partition coefficient (Wildman–Crippen LogP) is 2.91. The van der Waals surface area contributed by atoms with Crippen molar-refractivity contribution in [2.75, 3.05) is 11.9 Å². The van der Waals surface area contributed by atoms with Gasteiger partial charge in [-0.15, -0.1) is 0 Å². The number of nitro benzene ring substituents is 2. The molecule has 0 fully saturated rings. The molecule has 0 atom stereocenters. The van der Waals surface area contributed by atoms with E-state index in [4.69, 9.17) is 4.74 Å². The van der Waals surface area contributed by atoms with Crippen molar-refractivity contribution in [1.29, 1.82) is 0 Å². The molecule has 2 rings (SSSR count). The summed E-state index contributed by atoms with van der Waals surface area (Å²) < 4.78 is 5.38. The minimum atomic E-state index is -0.676. The van der Waals surface area contributed by atoms with Crippen LogP contribution in [0, 0.1) is 20.2 Å². The van der Waals surface area contributed by atoms with Crippen LogP contribution in [0.15, 0.2) is 36.5 Å². The number of hydrogen-bond donors (Lipinski definition) is 1. The Morgan fingerprint density at radius 2 is 2.00 bits per heavy atom. The van der Waals surface area contributed by atoms with E-state index in [1.807, 2.05) is 6.92 Å². The number of nitrogens with one attached hydrogen (secondary N) is 1. The minimum absolute atomic E-state index is 0.187. The molecule has 120 valence electrons. The van der Waals surface area contributed by atoms with E-state index in [1.165, 1.54) is 12.1 Å². The second-order valence-corrected chi connectivity index (χ2v) is 4.47. The lowest BCUT2D eigenvalue weighted by molar-refractivity contribution is -0.393. The summed E-state index contributed by atoms with van der Waals surface area (Å²) in [4.78, 5) is 24.6. The van der Waals surface area contributed by atoms with Crippen LogP contribution in [0.2, 0.25) is 0 Å². The van der Waals surface area contributed by atoms with E-state index in [0.29, 0.717) is 12.5 Å².